The average molecular weight is 474 g/mol. The summed E-state index contributed by atoms with van der Waals surface area (Å²) in [5.41, 5.74) is 7.74. The first-order valence-corrected chi connectivity index (χ1v) is 10.8. The molecule has 178 valence electrons. The molecular weight excluding hydrogens is 449 g/mol. The minimum absolute atomic E-state index is 0.0290. The molecule has 4 aromatic rings. The Morgan fingerprint density at radius 1 is 1.20 bits per heavy atom. The molecule has 0 radical (unpaired) electrons. The summed E-state index contributed by atoms with van der Waals surface area (Å²) in [5.74, 6) is 0.508. The molecule has 2 heterocycles. The fourth-order valence-corrected chi connectivity index (χ4v) is 3.66. The lowest BCUT2D eigenvalue weighted by molar-refractivity contribution is 0.361. The Kier molecular flexibility index (Phi) is 7.10. The summed E-state index contributed by atoms with van der Waals surface area (Å²) >= 11 is 0. The van der Waals surface area contributed by atoms with Gasteiger partial charge in [-0.05, 0) is 41.3 Å². The molecule has 9 nitrogen and oxygen atoms in total. The number of nitrogens with one attached hydrogen (secondary N) is 2. The van der Waals surface area contributed by atoms with Gasteiger partial charge in [0.05, 0.1) is 0 Å². The van der Waals surface area contributed by atoms with Crippen LogP contribution in [0.3, 0.4) is 0 Å². The summed E-state index contributed by atoms with van der Waals surface area (Å²) in [6.07, 6.45) is 5.07. The first kappa shape index (κ1) is 23.6. The molecule has 1 unspecified atom stereocenters. The Morgan fingerprint density at radius 2 is 1.94 bits per heavy atom. The molecule has 1 atom stereocenters. The summed E-state index contributed by atoms with van der Waals surface area (Å²) in [6.45, 7) is 3.24. The Labute approximate surface area is 200 Å². The smallest absolute Gasteiger partial charge is 0.350 e. The minimum atomic E-state index is -0.679. The molecule has 0 aliphatic carbocycles. The minimum Gasteiger partial charge on any atom is -0.490 e. The van der Waals surface area contributed by atoms with E-state index in [2.05, 4.69) is 26.6 Å². The van der Waals surface area contributed by atoms with Crippen LogP contribution >= 0.6 is 0 Å². The van der Waals surface area contributed by atoms with Gasteiger partial charge in [0.2, 0.25) is 0 Å². The number of hydrogen-bond acceptors (Lipinski definition) is 6. The zero-order valence-corrected chi connectivity index (χ0v) is 18.8. The highest BCUT2D eigenvalue weighted by Gasteiger charge is 2.23. The van der Waals surface area contributed by atoms with E-state index in [0.29, 0.717) is 34.7 Å². The SMILES string of the molecule is C=CCOc1cc(CF)cc(C(Cc2ccc(C(=N)N)cc2)c2nn(-c3ncccn3)c(=O)[nH]2)c1. The Bertz CT molecular complexity index is 1380. The Morgan fingerprint density at radius 3 is 2.60 bits per heavy atom. The number of rotatable bonds is 10. The van der Waals surface area contributed by atoms with Gasteiger partial charge in [-0.1, -0.05) is 43.0 Å². The van der Waals surface area contributed by atoms with Crippen molar-refractivity contribution in [1.29, 1.82) is 5.41 Å². The highest BCUT2D eigenvalue weighted by molar-refractivity contribution is 5.94. The van der Waals surface area contributed by atoms with Crippen molar-refractivity contribution in [1.82, 2.24) is 24.7 Å². The van der Waals surface area contributed by atoms with Crippen molar-refractivity contribution in [2.24, 2.45) is 5.73 Å². The van der Waals surface area contributed by atoms with Crippen LogP contribution in [0.2, 0.25) is 0 Å². The first-order valence-electron chi connectivity index (χ1n) is 10.8. The number of ether oxygens (including phenoxy) is 1. The third-order valence-corrected chi connectivity index (χ3v) is 5.32. The number of nitrogens with zero attached hydrogens (tertiary/aromatic N) is 4. The highest BCUT2D eigenvalue weighted by atomic mass is 19.1. The second kappa shape index (κ2) is 10.6. The van der Waals surface area contributed by atoms with E-state index < -0.39 is 18.3 Å². The number of alkyl halides is 1. The van der Waals surface area contributed by atoms with Gasteiger partial charge >= 0.3 is 5.69 Å². The number of halogens is 1. The molecular formula is C25H24FN7O2. The number of H-pyrrole nitrogens is 1. The van der Waals surface area contributed by atoms with Gasteiger partial charge in [-0.15, -0.1) is 9.78 Å². The van der Waals surface area contributed by atoms with E-state index >= 15 is 0 Å². The molecule has 0 fully saturated rings. The van der Waals surface area contributed by atoms with Crippen molar-refractivity contribution in [2.45, 2.75) is 19.0 Å². The van der Waals surface area contributed by atoms with Gasteiger partial charge in [0.1, 0.15) is 30.7 Å². The Hall–Kier alpha value is -4.60. The molecule has 0 amide bonds. The molecule has 0 aliphatic heterocycles. The predicted octanol–water partition coefficient (Wildman–Crippen LogP) is 3.04. The van der Waals surface area contributed by atoms with Crippen molar-refractivity contribution in [2.75, 3.05) is 6.61 Å². The molecule has 0 spiro atoms. The van der Waals surface area contributed by atoms with Gasteiger partial charge in [-0.25, -0.2) is 19.2 Å². The van der Waals surface area contributed by atoms with E-state index in [0.717, 1.165) is 10.2 Å². The molecule has 4 rings (SSSR count). The van der Waals surface area contributed by atoms with E-state index in [1.165, 1.54) is 12.4 Å². The lowest BCUT2D eigenvalue weighted by Gasteiger charge is -2.18. The maximum atomic E-state index is 13.7. The van der Waals surface area contributed by atoms with E-state index in [4.69, 9.17) is 15.9 Å². The average Bonchev–Trinajstić information content (AvgIpc) is 3.27. The van der Waals surface area contributed by atoms with Gasteiger partial charge < -0.3 is 10.5 Å². The van der Waals surface area contributed by atoms with E-state index in [1.54, 1.807) is 42.5 Å². The van der Waals surface area contributed by atoms with Crippen LogP contribution in [0.15, 0.2) is 78.4 Å². The lowest BCUT2D eigenvalue weighted by Crippen LogP contribution is -2.18. The fourth-order valence-electron chi connectivity index (χ4n) is 3.66. The number of aromatic amines is 1. The monoisotopic (exact) mass is 473 g/mol. The van der Waals surface area contributed by atoms with Crippen molar-refractivity contribution < 1.29 is 9.13 Å². The normalized spacial score (nSPS) is 11.7. The van der Waals surface area contributed by atoms with Crippen LogP contribution in [0.4, 0.5) is 4.39 Å². The van der Waals surface area contributed by atoms with E-state index in [-0.39, 0.29) is 18.4 Å². The molecule has 0 saturated heterocycles. The van der Waals surface area contributed by atoms with E-state index in [9.17, 15) is 9.18 Å². The molecule has 0 saturated carbocycles. The van der Waals surface area contributed by atoms with Crippen molar-refractivity contribution >= 4 is 5.84 Å². The van der Waals surface area contributed by atoms with E-state index in [1.807, 2.05) is 12.1 Å². The topological polar surface area (TPSA) is 136 Å². The number of nitrogens with two attached hydrogens (primary N) is 1. The molecule has 0 aliphatic rings. The number of amidine groups is 1. The first-order chi connectivity index (χ1) is 17.0. The standard InChI is InChI=1S/C25H24FN7O2/c1-2-10-35-20-12-17(15-26)11-19(14-20)21(13-16-4-6-18(7-5-16)22(27)28)23-31-25(34)33(32-23)24-29-8-3-9-30-24/h2-9,11-12,14,21H,1,10,13,15H2,(H3,27,28)(H,31,32,34). The van der Waals surface area contributed by atoms with Gasteiger partial charge in [0, 0.05) is 23.9 Å². The summed E-state index contributed by atoms with van der Waals surface area (Å²) < 4.78 is 20.5. The zero-order chi connectivity index (χ0) is 24.8. The highest BCUT2D eigenvalue weighted by Crippen LogP contribution is 2.30. The molecule has 2 aromatic carbocycles. The maximum Gasteiger partial charge on any atom is 0.350 e. The predicted molar refractivity (Wildman–Crippen MR) is 130 cm³/mol. The van der Waals surface area contributed by atoms with Gasteiger partial charge in [-0.2, -0.15) is 0 Å². The van der Waals surface area contributed by atoms with Crippen LogP contribution in [0, 0.1) is 5.41 Å². The lowest BCUT2D eigenvalue weighted by atomic mass is 9.90. The second-order valence-electron chi connectivity index (χ2n) is 7.79. The molecule has 10 heteroatoms. The molecule has 4 N–H and O–H groups in total. The third kappa shape index (κ3) is 5.49. The van der Waals surface area contributed by atoms with Crippen molar-refractivity contribution in [3.63, 3.8) is 0 Å². The molecule has 35 heavy (non-hydrogen) atoms. The van der Waals surface area contributed by atoms with Crippen LogP contribution in [0.25, 0.3) is 5.95 Å². The Balaban J connectivity index is 1.79. The number of hydrogen-bond donors (Lipinski definition) is 3. The summed E-state index contributed by atoms with van der Waals surface area (Å²) in [6, 6.07) is 14.0. The van der Waals surface area contributed by atoms with Gasteiger partial charge in [0.25, 0.3) is 5.95 Å². The molecule has 0 bridgehead atoms. The largest absolute Gasteiger partial charge is 0.490 e. The van der Waals surface area contributed by atoms with Crippen LogP contribution < -0.4 is 16.2 Å². The van der Waals surface area contributed by atoms with Crippen molar-refractivity contribution in [3.05, 3.63) is 112 Å². The van der Waals surface area contributed by atoms with Crippen molar-refractivity contribution in [3.8, 4) is 11.7 Å². The summed E-state index contributed by atoms with van der Waals surface area (Å²) in [7, 11) is 0. The molecule has 2 aromatic heterocycles. The number of aromatic nitrogens is 5. The van der Waals surface area contributed by atoms with Crippen LogP contribution in [-0.2, 0) is 13.1 Å². The zero-order valence-electron chi connectivity index (χ0n) is 18.8. The van der Waals surface area contributed by atoms with Gasteiger partial charge in [0.15, 0.2) is 0 Å². The van der Waals surface area contributed by atoms with Crippen LogP contribution in [0.5, 0.6) is 5.75 Å². The third-order valence-electron chi connectivity index (χ3n) is 5.32. The maximum absolute atomic E-state index is 13.7. The van der Waals surface area contributed by atoms with Gasteiger partial charge in [-0.3, -0.25) is 10.4 Å². The fraction of sp³-hybridized carbons (Fsp3) is 0.160. The number of nitrogen functional groups attached to an aromatic ring is 1. The summed E-state index contributed by atoms with van der Waals surface area (Å²) in [5, 5.41) is 12.1. The second-order valence-corrected chi connectivity index (χ2v) is 7.79. The summed E-state index contributed by atoms with van der Waals surface area (Å²) in [4.78, 5) is 23.7. The quantitative estimate of drug-likeness (QED) is 0.184. The van der Waals surface area contributed by atoms with Crippen LogP contribution in [-0.4, -0.2) is 37.2 Å². The van der Waals surface area contributed by atoms with Crippen LogP contribution in [0.1, 0.15) is 34.0 Å². The number of benzene rings is 2.